The maximum atomic E-state index is 2.56. The first-order valence-electron chi connectivity index (χ1n) is 4.49. The number of hydrogen-bond donors (Lipinski definition) is 0. The van der Waals surface area contributed by atoms with Gasteiger partial charge in [-0.1, -0.05) is 24.5 Å². The zero-order valence-electron chi connectivity index (χ0n) is 6.82. The Balaban J connectivity index is 2.16. The molecule has 0 nitrogen and oxygen atoms in total. The molecule has 2 aliphatic rings. The normalized spacial score (nSPS) is 29.5. The summed E-state index contributed by atoms with van der Waals surface area (Å²) in [6.45, 7) is 2.28. The molecule has 0 N–H and O–H groups in total. The topological polar surface area (TPSA) is 0 Å². The molecule has 1 spiro atoms. The fourth-order valence-electron chi connectivity index (χ4n) is 2.59. The standard InChI is InChI=1S/C10H16/c1-9-4-7-10(8-9)5-2-3-6-10/h8H,2-7H2,1H3. The lowest BCUT2D eigenvalue weighted by molar-refractivity contribution is 0.389. The summed E-state index contributed by atoms with van der Waals surface area (Å²) in [6, 6.07) is 0. The minimum absolute atomic E-state index is 0.698. The highest BCUT2D eigenvalue weighted by molar-refractivity contribution is 5.16. The Morgan fingerprint density at radius 3 is 2.40 bits per heavy atom. The van der Waals surface area contributed by atoms with Crippen LogP contribution in [0.5, 0.6) is 0 Å². The maximum absolute atomic E-state index is 2.56. The van der Waals surface area contributed by atoms with Gasteiger partial charge in [0.1, 0.15) is 0 Å². The lowest BCUT2D eigenvalue weighted by Gasteiger charge is -2.18. The van der Waals surface area contributed by atoms with Gasteiger partial charge < -0.3 is 0 Å². The monoisotopic (exact) mass is 136 g/mol. The zero-order valence-corrected chi connectivity index (χ0v) is 6.82. The van der Waals surface area contributed by atoms with E-state index in [0.29, 0.717) is 5.41 Å². The zero-order chi connectivity index (χ0) is 7.03. The van der Waals surface area contributed by atoms with Crippen molar-refractivity contribution in [3.05, 3.63) is 11.6 Å². The van der Waals surface area contributed by atoms with E-state index in [-0.39, 0.29) is 0 Å². The lowest BCUT2D eigenvalue weighted by atomic mass is 9.86. The van der Waals surface area contributed by atoms with Crippen LogP contribution < -0.4 is 0 Å². The van der Waals surface area contributed by atoms with E-state index >= 15 is 0 Å². The minimum Gasteiger partial charge on any atom is -0.0794 e. The molecule has 0 aromatic heterocycles. The summed E-state index contributed by atoms with van der Waals surface area (Å²) in [7, 11) is 0. The summed E-state index contributed by atoms with van der Waals surface area (Å²) in [5.41, 5.74) is 2.34. The molecule has 0 atom stereocenters. The number of allylic oxidation sites excluding steroid dienone is 2. The van der Waals surface area contributed by atoms with Crippen molar-refractivity contribution in [3.8, 4) is 0 Å². The third-order valence-electron chi connectivity index (χ3n) is 3.17. The van der Waals surface area contributed by atoms with Gasteiger partial charge in [-0.25, -0.2) is 0 Å². The van der Waals surface area contributed by atoms with E-state index in [0.717, 1.165) is 0 Å². The van der Waals surface area contributed by atoms with Crippen LogP contribution in [-0.4, -0.2) is 0 Å². The first-order chi connectivity index (χ1) is 4.81. The largest absolute Gasteiger partial charge is 0.0794 e. The van der Waals surface area contributed by atoms with Crippen LogP contribution in [-0.2, 0) is 0 Å². The molecule has 0 unspecified atom stereocenters. The highest BCUT2D eigenvalue weighted by Gasteiger charge is 2.34. The Kier molecular flexibility index (Phi) is 1.36. The molecular weight excluding hydrogens is 120 g/mol. The molecule has 0 heterocycles. The van der Waals surface area contributed by atoms with Crippen molar-refractivity contribution in [3.63, 3.8) is 0 Å². The van der Waals surface area contributed by atoms with Crippen molar-refractivity contribution in [1.29, 1.82) is 0 Å². The molecule has 1 fully saturated rings. The highest BCUT2D eigenvalue weighted by atomic mass is 14.4. The van der Waals surface area contributed by atoms with E-state index in [4.69, 9.17) is 0 Å². The number of rotatable bonds is 0. The smallest absolute Gasteiger partial charge is 0.0113 e. The van der Waals surface area contributed by atoms with Gasteiger partial charge in [-0.05, 0) is 38.0 Å². The van der Waals surface area contributed by atoms with Crippen LogP contribution in [0.2, 0.25) is 0 Å². The molecule has 0 heteroatoms. The van der Waals surface area contributed by atoms with Crippen LogP contribution in [0.3, 0.4) is 0 Å². The van der Waals surface area contributed by atoms with Crippen molar-refractivity contribution >= 4 is 0 Å². The summed E-state index contributed by atoms with van der Waals surface area (Å²) < 4.78 is 0. The second-order valence-corrected chi connectivity index (χ2v) is 4.06. The Morgan fingerprint density at radius 1 is 1.20 bits per heavy atom. The fourth-order valence-corrected chi connectivity index (χ4v) is 2.59. The lowest BCUT2D eigenvalue weighted by Crippen LogP contribution is -2.07. The van der Waals surface area contributed by atoms with E-state index < -0.39 is 0 Å². The van der Waals surface area contributed by atoms with Gasteiger partial charge in [-0.3, -0.25) is 0 Å². The van der Waals surface area contributed by atoms with Crippen LogP contribution in [0.1, 0.15) is 45.4 Å². The fraction of sp³-hybridized carbons (Fsp3) is 0.800. The molecule has 0 aromatic carbocycles. The van der Waals surface area contributed by atoms with Gasteiger partial charge in [0, 0.05) is 0 Å². The van der Waals surface area contributed by atoms with Crippen molar-refractivity contribution in [2.24, 2.45) is 5.41 Å². The van der Waals surface area contributed by atoms with Gasteiger partial charge in [0.25, 0.3) is 0 Å². The first-order valence-corrected chi connectivity index (χ1v) is 4.49. The molecule has 0 amide bonds. The SMILES string of the molecule is CC1=CC2(CCCC2)CC1. The Bertz CT molecular complexity index is 159. The van der Waals surface area contributed by atoms with E-state index in [1.807, 2.05) is 0 Å². The molecule has 10 heavy (non-hydrogen) atoms. The molecule has 2 aliphatic carbocycles. The van der Waals surface area contributed by atoms with Crippen molar-refractivity contribution in [1.82, 2.24) is 0 Å². The molecule has 0 bridgehead atoms. The summed E-state index contributed by atoms with van der Waals surface area (Å²) in [6.07, 6.45) is 11.3. The van der Waals surface area contributed by atoms with Gasteiger partial charge in [0.2, 0.25) is 0 Å². The van der Waals surface area contributed by atoms with Gasteiger partial charge in [-0.15, -0.1) is 0 Å². The molecule has 0 aromatic rings. The van der Waals surface area contributed by atoms with Gasteiger partial charge in [-0.2, -0.15) is 0 Å². The molecule has 0 aliphatic heterocycles. The van der Waals surface area contributed by atoms with Crippen LogP contribution in [0.25, 0.3) is 0 Å². The van der Waals surface area contributed by atoms with Gasteiger partial charge in [0.05, 0.1) is 0 Å². The number of hydrogen-bond acceptors (Lipinski definition) is 0. The average Bonchev–Trinajstić information content (AvgIpc) is 2.46. The third kappa shape index (κ3) is 0.902. The molecule has 0 radical (unpaired) electrons. The molecule has 1 saturated carbocycles. The molecule has 2 rings (SSSR count). The van der Waals surface area contributed by atoms with Gasteiger partial charge >= 0.3 is 0 Å². The van der Waals surface area contributed by atoms with Crippen LogP contribution >= 0.6 is 0 Å². The van der Waals surface area contributed by atoms with Crippen molar-refractivity contribution < 1.29 is 0 Å². The summed E-state index contributed by atoms with van der Waals surface area (Å²) >= 11 is 0. The Hall–Kier alpha value is -0.260. The summed E-state index contributed by atoms with van der Waals surface area (Å²) in [5, 5.41) is 0. The second-order valence-electron chi connectivity index (χ2n) is 4.06. The van der Waals surface area contributed by atoms with Crippen molar-refractivity contribution in [2.75, 3.05) is 0 Å². The van der Waals surface area contributed by atoms with E-state index in [9.17, 15) is 0 Å². The van der Waals surface area contributed by atoms with E-state index in [2.05, 4.69) is 13.0 Å². The average molecular weight is 136 g/mol. The minimum atomic E-state index is 0.698. The Labute approximate surface area is 63.3 Å². The molecule has 0 saturated heterocycles. The third-order valence-corrected chi connectivity index (χ3v) is 3.17. The molecular formula is C10H16. The Morgan fingerprint density at radius 2 is 1.90 bits per heavy atom. The summed E-state index contributed by atoms with van der Waals surface area (Å²) in [5.74, 6) is 0. The first kappa shape index (κ1) is 6.45. The predicted octanol–water partition coefficient (Wildman–Crippen LogP) is 3.29. The van der Waals surface area contributed by atoms with E-state index in [1.54, 1.807) is 5.57 Å². The second kappa shape index (κ2) is 2.11. The summed E-state index contributed by atoms with van der Waals surface area (Å²) in [4.78, 5) is 0. The van der Waals surface area contributed by atoms with Crippen molar-refractivity contribution in [2.45, 2.75) is 45.4 Å². The van der Waals surface area contributed by atoms with E-state index in [1.165, 1.54) is 38.5 Å². The maximum Gasteiger partial charge on any atom is -0.0113 e. The van der Waals surface area contributed by atoms with Crippen LogP contribution in [0, 0.1) is 5.41 Å². The quantitative estimate of drug-likeness (QED) is 0.448. The molecule has 56 valence electrons. The predicted molar refractivity (Wildman–Crippen MR) is 43.9 cm³/mol. The highest BCUT2D eigenvalue weighted by Crippen LogP contribution is 2.48. The van der Waals surface area contributed by atoms with Gasteiger partial charge in [0.15, 0.2) is 0 Å². The van der Waals surface area contributed by atoms with Crippen LogP contribution in [0.4, 0.5) is 0 Å². The van der Waals surface area contributed by atoms with Crippen LogP contribution in [0.15, 0.2) is 11.6 Å².